The number of hydrogen-bond donors (Lipinski definition) is 1. The van der Waals surface area contributed by atoms with Crippen molar-refractivity contribution in [3.8, 4) is 0 Å². The van der Waals surface area contributed by atoms with Crippen LogP contribution in [0.4, 0.5) is 0 Å². The molecule has 0 radical (unpaired) electrons. The van der Waals surface area contributed by atoms with Gasteiger partial charge in [0.2, 0.25) is 0 Å². The summed E-state index contributed by atoms with van der Waals surface area (Å²) in [6.45, 7) is 0. The van der Waals surface area contributed by atoms with Gasteiger partial charge in [0.15, 0.2) is 0 Å². The molecule has 0 unspecified atom stereocenters. The fourth-order valence-corrected chi connectivity index (χ4v) is 1.37. The monoisotopic (exact) mass is 175 g/mol. The van der Waals surface area contributed by atoms with Crippen molar-refractivity contribution in [2.75, 3.05) is 0 Å². The number of benzene rings is 1. The van der Waals surface area contributed by atoms with Gasteiger partial charge in [-0.25, -0.2) is 0 Å². The van der Waals surface area contributed by atoms with Gasteiger partial charge in [0, 0.05) is 0 Å². The van der Waals surface area contributed by atoms with Gasteiger partial charge in [-0.1, -0.05) is 12.1 Å². The topological polar surface area (TPSA) is 57.6 Å². The summed E-state index contributed by atoms with van der Waals surface area (Å²) < 4.78 is 0. The third kappa shape index (κ3) is 0.974. The van der Waals surface area contributed by atoms with E-state index in [4.69, 9.17) is 5.02 Å². The molecule has 1 aliphatic rings. The van der Waals surface area contributed by atoms with Crippen LogP contribution in [0.5, 0.6) is 0 Å². The molecule has 0 saturated heterocycles. The molecule has 2 amide bonds. The number of nitrogens with zero attached hydrogens (tertiary/aromatic N) is 1. The molecule has 4 nitrogen and oxygen atoms in total. The van der Waals surface area contributed by atoms with Crippen molar-refractivity contribution >= 4 is 19.4 Å². The summed E-state index contributed by atoms with van der Waals surface area (Å²) in [5, 5.41) is 8.76. The number of fused-ring (bicyclic) bond motifs is 1. The Morgan fingerprint density at radius 2 is 1.54 bits per heavy atom. The summed E-state index contributed by atoms with van der Waals surface area (Å²) in [4.78, 5) is 23.6. The van der Waals surface area contributed by atoms with Gasteiger partial charge in [0.1, 0.15) is 0 Å². The molecule has 5 heteroatoms. The van der Waals surface area contributed by atoms with E-state index in [9.17, 15) is 9.59 Å². The van der Waals surface area contributed by atoms with E-state index in [1.165, 1.54) is 0 Å². The van der Waals surface area contributed by atoms with Crippen LogP contribution in [0.3, 0.4) is 0 Å². The largest absolute Gasteiger partial charge is 0.435 e. The second-order valence-electron chi connectivity index (χ2n) is 2.73. The van der Waals surface area contributed by atoms with Crippen LogP contribution in [0.25, 0.3) is 0 Å². The van der Waals surface area contributed by atoms with Crippen molar-refractivity contribution in [1.82, 2.24) is 4.81 Å². The Morgan fingerprint density at radius 1 is 1.08 bits per heavy atom. The van der Waals surface area contributed by atoms with Gasteiger partial charge >= 0.3 is 7.62 Å². The Bertz CT molecular complexity index is 356. The third-order valence-electron chi connectivity index (χ3n) is 2.02. The van der Waals surface area contributed by atoms with E-state index in [1.807, 2.05) is 0 Å². The first-order valence-corrected chi connectivity index (χ1v) is 3.82. The van der Waals surface area contributed by atoms with Crippen molar-refractivity contribution in [1.29, 1.82) is 0 Å². The number of carbonyl (C=O) groups is 2. The summed E-state index contributed by atoms with van der Waals surface area (Å²) in [6.07, 6.45) is 0. The predicted molar refractivity (Wildman–Crippen MR) is 46.3 cm³/mol. The quantitative estimate of drug-likeness (QED) is 0.464. The van der Waals surface area contributed by atoms with Crippen LogP contribution in [0, 0.1) is 0 Å². The third-order valence-corrected chi connectivity index (χ3v) is 2.02. The van der Waals surface area contributed by atoms with Crippen molar-refractivity contribution in [2.45, 2.75) is 0 Å². The first-order valence-electron chi connectivity index (χ1n) is 3.82. The van der Waals surface area contributed by atoms with Crippen LogP contribution in [-0.4, -0.2) is 29.3 Å². The van der Waals surface area contributed by atoms with Crippen molar-refractivity contribution in [2.24, 2.45) is 0 Å². The maximum Gasteiger partial charge on any atom is 0.404 e. The highest BCUT2D eigenvalue weighted by molar-refractivity contribution is 6.42. The smallest absolute Gasteiger partial charge is 0.404 e. The second kappa shape index (κ2) is 2.71. The van der Waals surface area contributed by atoms with E-state index in [0.29, 0.717) is 11.1 Å². The normalized spacial score (nSPS) is 14.7. The SMILES string of the molecule is O=C1c2ccccc2C(=O)N1BO. The van der Waals surface area contributed by atoms with Gasteiger partial charge in [-0.2, -0.15) is 0 Å². The Hall–Kier alpha value is -1.62. The molecule has 0 spiro atoms. The molecule has 1 aromatic carbocycles. The fourth-order valence-electron chi connectivity index (χ4n) is 1.37. The van der Waals surface area contributed by atoms with E-state index < -0.39 is 19.4 Å². The van der Waals surface area contributed by atoms with Gasteiger partial charge in [0.25, 0.3) is 11.8 Å². The number of hydrogen-bond acceptors (Lipinski definition) is 3. The lowest BCUT2D eigenvalue weighted by atomic mass is 10.1. The maximum absolute atomic E-state index is 11.4. The molecule has 0 bridgehead atoms. The highest BCUT2D eigenvalue weighted by Crippen LogP contribution is 2.20. The molecular weight excluding hydrogens is 169 g/mol. The molecule has 0 aromatic heterocycles. The van der Waals surface area contributed by atoms with E-state index in [0.717, 1.165) is 4.81 Å². The van der Waals surface area contributed by atoms with Crippen LogP contribution < -0.4 is 0 Å². The molecule has 1 aromatic rings. The first-order chi connectivity index (χ1) is 6.25. The minimum absolute atomic E-state index is 0.363. The van der Waals surface area contributed by atoms with Crippen molar-refractivity contribution in [3.63, 3.8) is 0 Å². The zero-order valence-corrected chi connectivity index (χ0v) is 6.73. The van der Waals surface area contributed by atoms with E-state index in [-0.39, 0.29) is 0 Å². The molecule has 1 aliphatic heterocycles. The summed E-state index contributed by atoms with van der Waals surface area (Å²) in [5.41, 5.74) is 0.725. The molecule has 2 rings (SSSR count). The molecule has 0 aliphatic carbocycles. The molecule has 1 N–H and O–H groups in total. The van der Waals surface area contributed by atoms with E-state index in [1.54, 1.807) is 24.3 Å². The van der Waals surface area contributed by atoms with Crippen LogP contribution in [-0.2, 0) is 0 Å². The van der Waals surface area contributed by atoms with Crippen LogP contribution in [0.15, 0.2) is 24.3 Å². The molecule has 1 heterocycles. The number of amides is 2. The highest BCUT2D eigenvalue weighted by atomic mass is 16.2. The first kappa shape index (κ1) is 8.00. The molecule has 13 heavy (non-hydrogen) atoms. The van der Waals surface area contributed by atoms with Gasteiger partial charge in [-0.05, 0) is 12.1 Å². The fraction of sp³-hybridized carbons (Fsp3) is 0. The van der Waals surface area contributed by atoms with Crippen LogP contribution >= 0.6 is 0 Å². The summed E-state index contributed by atoms with van der Waals surface area (Å²) >= 11 is 0. The Kier molecular flexibility index (Phi) is 1.67. The lowest BCUT2D eigenvalue weighted by Crippen LogP contribution is -2.33. The maximum atomic E-state index is 11.4. The zero-order chi connectivity index (χ0) is 9.42. The van der Waals surface area contributed by atoms with E-state index >= 15 is 0 Å². The van der Waals surface area contributed by atoms with Crippen LogP contribution in [0.1, 0.15) is 20.7 Å². The van der Waals surface area contributed by atoms with Gasteiger partial charge in [0.05, 0.1) is 11.1 Å². The lowest BCUT2D eigenvalue weighted by Gasteiger charge is -2.06. The van der Waals surface area contributed by atoms with Crippen LogP contribution in [0.2, 0.25) is 0 Å². The highest BCUT2D eigenvalue weighted by Gasteiger charge is 2.34. The zero-order valence-electron chi connectivity index (χ0n) is 6.73. The van der Waals surface area contributed by atoms with Crippen molar-refractivity contribution in [3.05, 3.63) is 35.4 Å². The summed E-state index contributed by atoms with van der Waals surface area (Å²) in [5.74, 6) is -0.855. The molecule has 0 saturated carbocycles. The van der Waals surface area contributed by atoms with Crippen molar-refractivity contribution < 1.29 is 14.6 Å². The summed E-state index contributed by atoms with van der Waals surface area (Å²) in [7, 11) is -0.563. The average Bonchev–Trinajstić information content (AvgIpc) is 2.41. The lowest BCUT2D eigenvalue weighted by molar-refractivity contribution is 0.0750. The molecule has 0 atom stereocenters. The van der Waals surface area contributed by atoms with E-state index in [2.05, 4.69) is 0 Å². The molecular formula is C8H6BNO3. The number of carbonyl (C=O) groups excluding carboxylic acids is 2. The number of imide groups is 1. The van der Waals surface area contributed by atoms with Gasteiger partial charge in [-0.15, -0.1) is 0 Å². The Balaban J connectivity index is 2.57. The molecule has 64 valence electrons. The average molecular weight is 175 g/mol. The molecule has 0 fully saturated rings. The van der Waals surface area contributed by atoms with Gasteiger partial charge < -0.3 is 5.02 Å². The second-order valence-corrected chi connectivity index (χ2v) is 2.73. The van der Waals surface area contributed by atoms with Gasteiger partial charge in [-0.3, -0.25) is 14.4 Å². The summed E-state index contributed by atoms with van der Waals surface area (Å²) in [6, 6.07) is 6.52. The standard InChI is InChI=1S/C8H6BNO3/c11-7-5-3-1-2-4-6(5)8(12)10(7)9-13/h1-4,9,13H. The minimum Gasteiger partial charge on any atom is -0.435 e. The minimum atomic E-state index is -0.563. The Morgan fingerprint density at radius 3 is 1.92 bits per heavy atom. The Labute approximate surface area is 75.1 Å². The number of rotatable bonds is 1. The predicted octanol–water partition coefficient (Wildman–Crippen LogP) is -0.459.